The second-order valence-corrected chi connectivity index (χ2v) is 5.21. The van der Waals surface area contributed by atoms with Gasteiger partial charge in [-0.2, -0.15) is 0 Å². The van der Waals surface area contributed by atoms with Gasteiger partial charge in [-0.1, -0.05) is 13.0 Å². The molecule has 0 aliphatic heterocycles. The fourth-order valence-corrected chi connectivity index (χ4v) is 2.70. The van der Waals surface area contributed by atoms with Crippen molar-refractivity contribution in [3.8, 4) is 0 Å². The monoisotopic (exact) mass is 235 g/mol. The molecule has 94 valence electrons. The molecule has 1 saturated carbocycles. The Hall–Kier alpha value is -0.890. The standard InChI is InChI=1S/C15H22FN/c1-3-6-17-10-12-4-5-15(12)13-7-11(2)8-14(16)9-13/h7-9,12,15,17H,3-6,10H2,1-2H3. The smallest absolute Gasteiger partial charge is 0.123 e. The van der Waals surface area contributed by atoms with E-state index in [4.69, 9.17) is 0 Å². The minimum Gasteiger partial charge on any atom is -0.316 e. The molecule has 0 saturated heterocycles. The van der Waals surface area contributed by atoms with Gasteiger partial charge in [-0.05, 0) is 74.4 Å². The molecule has 0 radical (unpaired) electrons. The van der Waals surface area contributed by atoms with Crippen LogP contribution in [0.25, 0.3) is 0 Å². The predicted molar refractivity (Wildman–Crippen MR) is 69.8 cm³/mol. The van der Waals surface area contributed by atoms with Gasteiger partial charge in [0.2, 0.25) is 0 Å². The maximum atomic E-state index is 13.4. The summed E-state index contributed by atoms with van der Waals surface area (Å²) in [6.45, 7) is 6.32. The van der Waals surface area contributed by atoms with Crippen LogP contribution in [0, 0.1) is 18.7 Å². The minimum atomic E-state index is -0.0906. The second-order valence-electron chi connectivity index (χ2n) is 5.21. The molecule has 17 heavy (non-hydrogen) atoms. The zero-order valence-corrected chi connectivity index (χ0v) is 10.8. The van der Waals surface area contributed by atoms with E-state index in [0.29, 0.717) is 11.8 Å². The lowest BCUT2D eigenvalue weighted by molar-refractivity contribution is 0.245. The van der Waals surface area contributed by atoms with Crippen molar-refractivity contribution in [1.29, 1.82) is 0 Å². The highest BCUT2D eigenvalue weighted by Crippen LogP contribution is 2.42. The number of rotatable bonds is 5. The Morgan fingerprint density at radius 3 is 2.71 bits per heavy atom. The van der Waals surface area contributed by atoms with E-state index < -0.39 is 0 Å². The molecule has 1 fully saturated rings. The quantitative estimate of drug-likeness (QED) is 0.768. The minimum absolute atomic E-state index is 0.0906. The van der Waals surface area contributed by atoms with Gasteiger partial charge in [0.15, 0.2) is 0 Å². The molecular formula is C15H22FN. The summed E-state index contributed by atoms with van der Waals surface area (Å²) < 4.78 is 13.4. The van der Waals surface area contributed by atoms with Crippen molar-refractivity contribution in [2.24, 2.45) is 5.92 Å². The van der Waals surface area contributed by atoms with Crippen molar-refractivity contribution in [3.05, 3.63) is 35.1 Å². The summed E-state index contributed by atoms with van der Waals surface area (Å²) in [5.74, 6) is 1.17. The molecule has 0 spiro atoms. The Morgan fingerprint density at radius 2 is 2.12 bits per heavy atom. The first-order chi connectivity index (χ1) is 8.20. The molecule has 2 atom stereocenters. The molecule has 0 aromatic heterocycles. The normalized spacial score (nSPS) is 23.5. The van der Waals surface area contributed by atoms with Crippen LogP contribution >= 0.6 is 0 Å². The van der Waals surface area contributed by atoms with Crippen LogP contribution in [0.3, 0.4) is 0 Å². The molecule has 2 unspecified atom stereocenters. The Bertz CT molecular complexity index is 355. The molecule has 2 rings (SSSR count). The van der Waals surface area contributed by atoms with Crippen LogP contribution in [0.1, 0.15) is 43.2 Å². The van der Waals surface area contributed by atoms with Gasteiger partial charge in [-0.3, -0.25) is 0 Å². The van der Waals surface area contributed by atoms with Crippen LogP contribution in [0.2, 0.25) is 0 Å². The van der Waals surface area contributed by atoms with Crippen molar-refractivity contribution >= 4 is 0 Å². The molecule has 1 aliphatic rings. The molecule has 1 aliphatic carbocycles. The molecule has 0 amide bonds. The van der Waals surface area contributed by atoms with Crippen molar-refractivity contribution < 1.29 is 4.39 Å². The lowest BCUT2D eigenvalue weighted by Crippen LogP contribution is -2.34. The van der Waals surface area contributed by atoms with Crippen LogP contribution < -0.4 is 5.32 Å². The topological polar surface area (TPSA) is 12.0 Å². The van der Waals surface area contributed by atoms with E-state index in [1.165, 1.54) is 24.8 Å². The number of hydrogen-bond donors (Lipinski definition) is 1. The Balaban J connectivity index is 1.97. The van der Waals surface area contributed by atoms with Gasteiger partial charge in [0.25, 0.3) is 0 Å². The van der Waals surface area contributed by atoms with Crippen LogP contribution in [0.4, 0.5) is 4.39 Å². The summed E-state index contributed by atoms with van der Waals surface area (Å²) in [5.41, 5.74) is 2.23. The van der Waals surface area contributed by atoms with E-state index in [0.717, 1.165) is 18.7 Å². The number of benzene rings is 1. The van der Waals surface area contributed by atoms with Crippen LogP contribution in [-0.2, 0) is 0 Å². The summed E-state index contributed by atoms with van der Waals surface area (Å²) >= 11 is 0. The molecule has 1 N–H and O–H groups in total. The third-order valence-electron chi connectivity index (χ3n) is 3.74. The van der Waals surface area contributed by atoms with Crippen molar-refractivity contribution in [1.82, 2.24) is 5.32 Å². The van der Waals surface area contributed by atoms with E-state index >= 15 is 0 Å². The third-order valence-corrected chi connectivity index (χ3v) is 3.74. The molecule has 2 heteroatoms. The predicted octanol–water partition coefficient (Wildman–Crippen LogP) is 3.63. The van der Waals surface area contributed by atoms with Crippen molar-refractivity contribution in [2.75, 3.05) is 13.1 Å². The molecule has 1 aromatic carbocycles. The number of nitrogens with one attached hydrogen (secondary N) is 1. The number of hydrogen-bond acceptors (Lipinski definition) is 1. The largest absolute Gasteiger partial charge is 0.316 e. The van der Waals surface area contributed by atoms with Gasteiger partial charge >= 0.3 is 0 Å². The van der Waals surface area contributed by atoms with Gasteiger partial charge in [0, 0.05) is 0 Å². The van der Waals surface area contributed by atoms with Gasteiger partial charge < -0.3 is 5.32 Å². The van der Waals surface area contributed by atoms with E-state index in [1.54, 1.807) is 12.1 Å². The van der Waals surface area contributed by atoms with Crippen LogP contribution in [0.15, 0.2) is 18.2 Å². The second kappa shape index (κ2) is 5.63. The van der Waals surface area contributed by atoms with Crippen LogP contribution in [0.5, 0.6) is 0 Å². The summed E-state index contributed by atoms with van der Waals surface area (Å²) in [6.07, 6.45) is 3.66. The lowest BCUT2D eigenvalue weighted by Gasteiger charge is -2.37. The van der Waals surface area contributed by atoms with E-state index in [1.807, 2.05) is 6.92 Å². The Morgan fingerprint density at radius 1 is 1.29 bits per heavy atom. The summed E-state index contributed by atoms with van der Waals surface area (Å²) in [6, 6.07) is 5.45. The highest BCUT2D eigenvalue weighted by atomic mass is 19.1. The SMILES string of the molecule is CCCNCC1CCC1c1cc(C)cc(F)c1. The van der Waals surface area contributed by atoms with E-state index in [2.05, 4.69) is 18.3 Å². The first kappa shape index (κ1) is 12.6. The molecular weight excluding hydrogens is 213 g/mol. The zero-order valence-electron chi connectivity index (χ0n) is 10.8. The maximum absolute atomic E-state index is 13.4. The maximum Gasteiger partial charge on any atom is 0.123 e. The summed E-state index contributed by atoms with van der Waals surface area (Å²) in [4.78, 5) is 0. The summed E-state index contributed by atoms with van der Waals surface area (Å²) in [5, 5.41) is 3.47. The zero-order chi connectivity index (χ0) is 12.3. The first-order valence-electron chi connectivity index (χ1n) is 6.68. The van der Waals surface area contributed by atoms with Crippen molar-refractivity contribution in [2.45, 2.75) is 39.0 Å². The Labute approximate surface area is 103 Å². The molecule has 1 aromatic rings. The first-order valence-corrected chi connectivity index (χ1v) is 6.68. The van der Waals surface area contributed by atoms with Gasteiger partial charge in [0.1, 0.15) is 5.82 Å². The lowest BCUT2D eigenvalue weighted by atomic mass is 9.70. The molecule has 0 bridgehead atoms. The number of aryl methyl sites for hydroxylation is 1. The van der Waals surface area contributed by atoms with E-state index in [-0.39, 0.29) is 5.82 Å². The third kappa shape index (κ3) is 3.06. The highest BCUT2D eigenvalue weighted by Gasteiger charge is 2.31. The van der Waals surface area contributed by atoms with Gasteiger partial charge in [0.05, 0.1) is 0 Å². The van der Waals surface area contributed by atoms with E-state index in [9.17, 15) is 4.39 Å². The van der Waals surface area contributed by atoms with Crippen LogP contribution in [-0.4, -0.2) is 13.1 Å². The average Bonchev–Trinajstić information content (AvgIpc) is 2.21. The Kier molecular flexibility index (Phi) is 4.16. The molecule has 0 heterocycles. The van der Waals surface area contributed by atoms with Crippen molar-refractivity contribution in [3.63, 3.8) is 0 Å². The number of halogens is 1. The summed E-state index contributed by atoms with van der Waals surface area (Å²) in [7, 11) is 0. The molecule has 1 nitrogen and oxygen atoms in total. The van der Waals surface area contributed by atoms with Gasteiger partial charge in [-0.25, -0.2) is 4.39 Å². The fourth-order valence-electron chi connectivity index (χ4n) is 2.70. The highest BCUT2D eigenvalue weighted by molar-refractivity contribution is 5.28. The fraction of sp³-hybridized carbons (Fsp3) is 0.600. The average molecular weight is 235 g/mol. The van der Waals surface area contributed by atoms with Gasteiger partial charge in [-0.15, -0.1) is 0 Å².